The number of nitrogens with zero attached hydrogens (tertiary/aromatic N) is 3. The normalized spacial score (nSPS) is 13.9. The van der Waals surface area contributed by atoms with Crippen molar-refractivity contribution in [2.45, 2.75) is 51.7 Å². The molecule has 2 aromatic carbocycles. The highest BCUT2D eigenvalue weighted by Gasteiger charge is 2.34. The van der Waals surface area contributed by atoms with Gasteiger partial charge in [0, 0.05) is 35.3 Å². The lowest BCUT2D eigenvalue weighted by Crippen LogP contribution is -2.38. The number of rotatable bonds is 7. The van der Waals surface area contributed by atoms with Gasteiger partial charge in [0.15, 0.2) is 0 Å². The number of fused-ring (bicyclic) bond motifs is 1. The lowest BCUT2D eigenvalue weighted by molar-refractivity contribution is -0.137. The summed E-state index contributed by atoms with van der Waals surface area (Å²) in [5.74, 6) is 0.375. The summed E-state index contributed by atoms with van der Waals surface area (Å²) in [5, 5.41) is 22.4. The van der Waals surface area contributed by atoms with Crippen molar-refractivity contribution in [1.29, 1.82) is 0 Å². The van der Waals surface area contributed by atoms with E-state index in [4.69, 9.17) is 4.42 Å². The maximum Gasteiger partial charge on any atom is 0.416 e. The van der Waals surface area contributed by atoms with Crippen LogP contribution >= 0.6 is 0 Å². The Morgan fingerprint density at radius 1 is 1.03 bits per heavy atom. The summed E-state index contributed by atoms with van der Waals surface area (Å²) in [5.41, 5.74) is 0.193. The quantitative estimate of drug-likeness (QED) is 0.286. The fraction of sp³-hybridized carbons (Fsp3) is 0.333. The highest BCUT2D eigenvalue weighted by molar-refractivity contribution is 5.85. The molecule has 4 aromatic rings. The first-order chi connectivity index (χ1) is 17.4. The molecule has 0 fully saturated rings. The predicted octanol–water partition coefficient (Wildman–Crippen LogP) is 6.70. The number of benzene rings is 2. The molecular formula is C27H27F3N4O3. The Kier molecular flexibility index (Phi) is 7.20. The molecule has 10 heteroatoms. The lowest BCUT2D eigenvalue weighted by Gasteiger charge is -2.31. The third kappa shape index (κ3) is 6.44. The van der Waals surface area contributed by atoms with E-state index < -0.39 is 23.9 Å². The first-order valence-electron chi connectivity index (χ1n) is 11.7. The number of alkyl halides is 3. The predicted molar refractivity (Wildman–Crippen MR) is 132 cm³/mol. The van der Waals surface area contributed by atoms with E-state index >= 15 is 0 Å². The number of halogens is 3. The number of aromatic nitrogens is 3. The van der Waals surface area contributed by atoms with Crippen molar-refractivity contribution in [3.8, 4) is 11.5 Å². The number of carboxylic acid groups (broad SMARTS) is 1. The molecule has 0 aliphatic heterocycles. The van der Waals surface area contributed by atoms with Gasteiger partial charge in [0.25, 0.3) is 0 Å². The van der Waals surface area contributed by atoms with Crippen molar-refractivity contribution in [3.05, 3.63) is 77.9 Å². The van der Waals surface area contributed by atoms with Crippen LogP contribution in [0.15, 0.2) is 65.3 Å². The monoisotopic (exact) mass is 512 g/mol. The minimum Gasteiger partial charge on any atom is -0.465 e. The molecule has 2 aromatic heterocycles. The minimum atomic E-state index is -4.44. The fourth-order valence-electron chi connectivity index (χ4n) is 4.30. The largest absolute Gasteiger partial charge is 0.465 e. The Morgan fingerprint density at radius 2 is 1.76 bits per heavy atom. The molecule has 0 saturated heterocycles. The van der Waals surface area contributed by atoms with Crippen molar-refractivity contribution in [2.24, 2.45) is 5.41 Å². The van der Waals surface area contributed by atoms with Crippen LogP contribution in [0.3, 0.4) is 0 Å². The number of carbonyl (C=O) groups is 1. The van der Waals surface area contributed by atoms with Crippen molar-refractivity contribution in [2.75, 3.05) is 0 Å². The van der Waals surface area contributed by atoms with Gasteiger partial charge in [0.05, 0.1) is 5.56 Å². The summed E-state index contributed by atoms with van der Waals surface area (Å²) in [6.45, 7) is 5.96. The molecule has 194 valence electrons. The molecule has 0 radical (unpaired) electrons. The van der Waals surface area contributed by atoms with Gasteiger partial charge in [-0.15, -0.1) is 10.2 Å². The Bertz CT molecular complexity index is 1380. The standard InChI is InChI=1S/C27H27F3N4O3/c1-26(2,3)22(14-21(32-25(35)36)12-16-4-8-20(9-5-16)27(28,29)30)24-34-33-23(37-24)18-6-7-19-15-31-11-10-17(19)13-18/h4-11,13,15,21-22,32H,12,14H2,1-3H3,(H,35,36)/t21?,22-/m0/s1. The molecule has 0 saturated carbocycles. The molecule has 4 rings (SSSR count). The Labute approximate surface area is 211 Å². The highest BCUT2D eigenvalue weighted by Crippen LogP contribution is 2.39. The average molecular weight is 513 g/mol. The molecule has 2 heterocycles. The molecule has 2 N–H and O–H groups in total. The smallest absolute Gasteiger partial charge is 0.416 e. The van der Waals surface area contributed by atoms with Gasteiger partial charge in [0.1, 0.15) is 0 Å². The van der Waals surface area contributed by atoms with Gasteiger partial charge in [-0.25, -0.2) is 4.79 Å². The topological polar surface area (TPSA) is 101 Å². The summed E-state index contributed by atoms with van der Waals surface area (Å²) < 4.78 is 44.9. The number of hydrogen-bond acceptors (Lipinski definition) is 5. The second-order valence-corrected chi connectivity index (χ2v) is 10.1. The minimum absolute atomic E-state index is 0.205. The summed E-state index contributed by atoms with van der Waals surface area (Å²) in [6.07, 6.45) is -1.68. The first-order valence-corrected chi connectivity index (χ1v) is 11.7. The van der Waals surface area contributed by atoms with E-state index in [-0.39, 0.29) is 17.8 Å². The van der Waals surface area contributed by atoms with Crippen molar-refractivity contribution in [3.63, 3.8) is 0 Å². The summed E-state index contributed by atoms with van der Waals surface area (Å²) in [4.78, 5) is 15.6. The number of pyridine rings is 1. The third-order valence-electron chi connectivity index (χ3n) is 6.28. The third-order valence-corrected chi connectivity index (χ3v) is 6.28. The lowest BCUT2D eigenvalue weighted by atomic mass is 9.76. The first kappa shape index (κ1) is 26.1. The molecule has 0 aliphatic carbocycles. The number of amides is 1. The van der Waals surface area contributed by atoms with Crippen molar-refractivity contribution >= 4 is 16.9 Å². The van der Waals surface area contributed by atoms with Gasteiger partial charge in [-0.1, -0.05) is 39.0 Å². The van der Waals surface area contributed by atoms with E-state index in [1.165, 1.54) is 12.1 Å². The maximum absolute atomic E-state index is 12.9. The van der Waals surface area contributed by atoms with Crippen LogP contribution < -0.4 is 5.32 Å². The summed E-state index contributed by atoms with van der Waals surface area (Å²) in [6, 6.07) is 11.7. The van der Waals surface area contributed by atoms with Crippen LogP contribution in [0.2, 0.25) is 0 Å². The van der Waals surface area contributed by atoms with Crippen LogP contribution in [-0.2, 0) is 12.6 Å². The van der Waals surface area contributed by atoms with Crippen LogP contribution in [0.4, 0.5) is 18.0 Å². The second kappa shape index (κ2) is 10.2. The Hall–Kier alpha value is -3.95. The summed E-state index contributed by atoms with van der Waals surface area (Å²) in [7, 11) is 0. The van der Waals surface area contributed by atoms with Gasteiger partial charge in [0.2, 0.25) is 11.8 Å². The Balaban J connectivity index is 1.59. The van der Waals surface area contributed by atoms with Gasteiger partial charge < -0.3 is 14.8 Å². The van der Waals surface area contributed by atoms with Crippen LogP contribution in [-0.4, -0.2) is 32.4 Å². The van der Waals surface area contributed by atoms with Crippen LogP contribution in [0.25, 0.3) is 22.2 Å². The van der Waals surface area contributed by atoms with E-state index in [9.17, 15) is 23.1 Å². The van der Waals surface area contributed by atoms with Crippen molar-refractivity contribution < 1.29 is 27.5 Å². The van der Waals surface area contributed by atoms with Crippen LogP contribution in [0, 0.1) is 5.41 Å². The molecule has 37 heavy (non-hydrogen) atoms. The van der Waals surface area contributed by atoms with Gasteiger partial charge in [-0.2, -0.15) is 13.2 Å². The molecular weight excluding hydrogens is 485 g/mol. The zero-order valence-corrected chi connectivity index (χ0v) is 20.6. The number of nitrogens with one attached hydrogen (secondary N) is 1. The molecule has 1 amide bonds. The van der Waals surface area contributed by atoms with E-state index in [0.717, 1.165) is 28.5 Å². The number of hydrogen-bond donors (Lipinski definition) is 2. The zero-order valence-electron chi connectivity index (χ0n) is 20.6. The molecule has 0 bridgehead atoms. The molecule has 2 atom stereocenters. The maximum atomic E-state index is 12.9. The van der Waals surface area contributed by atoms with Crippen LogP contribution in [0.1, 0.15) is 50.1 Å². The van der Waals surface area contributed by atoms with Crippen LogP contribution in [0.5, 0.6) is 0 Å². The molecule has 7 nitrogen and oxygen atoms in total. The summed E-state index contributed by atoms with van der Waals surface area (Å²) >= 11 is 0. The van der Waals surface area contributed by atoms with E-state index in [1.54, 1.807) is 12.4 Å². The van der Waals surface area contributed by atoms with E-state index in [1.807, 2.05) is 45.0 Å². The molecule has 0 aliphatic rings. The van der Waals surface area contributed by atoms with Gasteiger partial charge in [-0.05, 0) is 59.5 Å². The highest BCUT2D eigenvalue weighted by atomic mass is 19.4. The van der Waals surface area contributed by atoms with E-state index in [0.29, 0.717) is 23.8 Å². The zero-order chi connectivity index (χ0) is 26.8. The average Bonchev–Trinajstić information content (AvgIpc) is 3.30. The Morgan fingerprint density at radius 3 is 2.41 bits per heavy atom. The molecule has 1 unspecified atom stereocenters. The molecule has 0 spiro atoms. The van der Waals surface area contributed by atoms with Crippen molar-refractivity contribution in [1.82, 2.24) is 20.5 Å². The SMILES string of the molecule is CC(C)(C)[C@@H](CC(Cc1ccc(C(F)(F)F)cc1)NC(=O)O)c1nnc(-c2ccc3cnccc3c2)o1. The fourth-order valence-corrected chi connectivity index (χ4v) is 4.30. The van der Waals surface area contributed by atoms with Gasteiger partial charge in [-0.3, -0.25) is 4.98 Å². The second-order valence-electron chi connectivity index (χ2n) is 10.1. The van der Waals surface area contributed by atoms with Gasteiger partial charge >= 0.3 is 12.3 Å². The van der Waals surface area contributed by atoms with E-state index in [2.05, 4.69) is 20.5 Å².